The number of hydrogen-bond donors (Lipinski definition) is 2. The lowest BCUT2D eigenvalue weighted by Crippen LogP contribution is -2.25. The van der Waals surface area contributed by atoms with Crippen LogP contribution in [-0.4, -0.2) is 11.9 Å². The summed E-state index contributed by atoms with van der Waals surface area (Å²) in [5, 5.41) is 4.77. The highest BCUT2D eigenvalue weighted by molar-refractivity contribution is 5.84. The maximum Gasteiger partial charge on any atom is 0.224 e. The van der Waals surface area contributed by atoms with Gasteiger partial charge in [0.15, 0.2) is 0 Å². The topological polar surface area (TPSA) is 69.1 Å². The van der Waals surface area contributed by atoms with Crippen molar-refractivity contribution in [3.8, 4) is 0 Å². The molecule has 0 fully saturated rings. The van der Waals surface area contributed by atoms with Crippen molar-refractivity contribution in [1.29, 1.82) is 0 Å². The molecule has 0 unspecified atom stereocenters. The van der Waals surface area contributed by atoms with E-state index in [1.54, 1.807) is 0 Å². The molecule has 3 nitrogen and oxygen atoms in total. The van der Waals surface area contributed by atoms with Crippen molar-refractivity contribution in [3.05, 3.63) is 108 Å². The van der Waals surface area contributed by atoms with Crippen LogP contribution in [0.15, 0.2) is 97.1 Å². The first-order valence-electron chi connectivity index (χ1n) is 10.3. The van der Waals surface area contributed by atoms with E-state index in [1.165, 1.54) is 21.7 Å². The normalized spacial score (nSPS) is 13.6. The van der Waals surface area contributed by atoms with Gasteiger partial charge in [-0.05, 0) is 45.5 Å². The number of nitrogens with two attached hydrogens (primary N) is 2. The van der Waals surface area contributed by atoms with E-state index >= 15 is 0 Å². The lowest BCUT2D eigenvalue weighted by atomic mass is 9.95. The predicted molar refractivity (Wildman–Crippen MR) is 125 cm³/mol. The molecule has 0 bridgehead atoms. The first-order valence-corrected chi connectivity index (χ1v) is 10.3. The van der Waals surface area contributed by atoms with Crippen LogP contribution in [0.25, 0.3) is 21.5 Å². The third-order valence-electron chi connectivity index (χ3n) is 5.51. The Morgan fingerprint density at radius 1 is 0.700 bits per heavy atom. The number of benzene rings is 4. The van der Waals surface area contributed by atoms with Crippen molar-refractivity contribution in [1.82, 2.24) is 0 Å². The summed E-state index contributed by atoms with van der Waals surface area (Å²) in [6.07, 6.45) is 5.05. The van der Waals surface area contributed by atoms with E-state index in [-0.39, 0.29) is 17.9 Å². The molecule has 0 heterocycles. The number of carbonyl (C=O) groups excluding carboxylic acids is 1. The lowest BCUT2D eigenvalue weighted by Gasteiger charge is -2.12. The van der Waals surface area contributed by atoms with Gasteiger partial charge in [0, 0.05) is 6.04 Å². The summed E-state index contributed by atoms with van der Waals surface area (Å²) in [4.78, 5) is 12.0. The van der Waals surface area contributed by atoms with Gasteiger partial charge in [-0.15, -0.1) is 0 Å². The highest BCUT2D eigenvalue weighted by Crippen LogP contribution is 2.19. The van der Waals surface area contributed by atoms with Crippen LogP contribution >= 0.6 is 0 Å². The molecule has 0 aliphatic heterocycles. The van der Waals surface area contributed by atoms with Crippen LogP contribution in [0.3, 0.4) is 0 Å². The van der Waals surface area contributed by atoms with Crippen LogP contribution in [0, 0.1) is 5.92 Å². The molecule has 150 valence electrons. The van der Waals surface area contributed by atoms with E-state index in [4.69, 9.17) is 11.5 Å². The van der Waals surface area contributed by atoms with E-state index in [0.29, 0.717) is 12.8 Å². The van der Waals surface area contributed by atoms with E-state index in [9.17, 15) is 4.79 Å². The van der Waals surface area contributed by atoms with E-state index in [1.807, 2.05) is 36.4 Å². The van der Waals surface area contributed by atoms with Crippen LogP contribution < -0.4 is 11.5 Å². The molecular formula is C27H26N2O. The molecule has 4 rings (SSSR count). The van der Waals surface area contributed by atoms with Gasteiger partial charge in [-0.25, -0.2) is 0 Å². The first-order chi connectivity index (χ1) is 14.6. The summed E-state index contributed by atoms with van der Waals surface area (Å²) in [5.74, 6) is -0.717. The highest BCUT2D eigenvalue weighted by Gasteiger charge is 2.14. The fourth-order valence-corrected chi connectivity index (χ4v) is 3.87. The van der Waals surface area contributed by atoms with Gasteiger partial charge in [0.2, 0.25) is 5.91 Å². The molecule has 0 aliphatic rings. The molecular weight excluding hydrogens is 368 g/mol. The fourth-order valence-electron chi connectivity index (χ4n) is 3.87. The smallest absolute Gasteiger partial charge is 0.224 e. The second-order valence-corrected chi connectivity index (χ2v) is 7.83. The van der Waals surface area contributed by atoms with Gasteiger partial charge >= 0.3 is 0 Å². The summed E-state index contributed by atoms with van der Waals surface area (Å²) in [7, 11) is 0. The van der Waals surface area contributed by atoms with Crippen LogP contribution in [0.5, 0.6) is 0 Å². The Morgan fingerprint density at radius 3 is 1.73 bits per heavy atom. The molecule has 0 radical (unpaired) electrons. The SMILES string of the molecule is NC(=O)[C@H](C=C[C@H](N)Cc1ccc2ccccc2c1)Cc1ccc2ccccc2c1. The average Bonchev–Trinajstić information content (AvgIpc) is 2.76. The largest absolute Gasteiger partial charge is 0.369 e. The molecule has 2 atom stereocenters. The molecule has 0 saturated carbocycles. The quantitative estimate of drug-likeness (QED) is 0.444. The number of carbonyl (C=O) groups is 1. The molecule has 0 spiro atoms. The number of hydrogen-bond acceptors (Lipinski definition) is 2. The molecule has 4 aromatic carbocycles. The minimum Gasteiger partial charge on any atom is -0.369 e. The Labute approximate surface area is 177 Å². The van der Waals surface area contributed by atoms with E-state index in [0.717, 1.165) is 10.9 Å². The summed E-state index contributed by atoms with van der Waals surface area (Å²) >= 11 is 0. The summed E-state index contributed by atoms with van der Waals surface area (Å²) in [6, 6.07) is 29.0. The van der Waals surface area contributed by atoms with Crippen molar-refractivity contribution in [2.75, 3.05) is 0 Å². The number of primary amides is 1. The second kappa shape index (κ2) is 8.93. The average molecular weight is 395 g/mol. The molecule has 3 heteroatoms. The van der Waals surface area contributed by atoms with Crippen LogP contribution in [0.2, 0.25) is 0 Å². The fraction of sp³-hybridized carbons (Fsp3) is 0.148. The lowest BCUT2D eigenvalue weighted by molar-refractivity contribution is -0.120. The second-order valence-electron chi connectivity index (χ2n) is 7.83. The third-order valence-corrected chi connectivity index (χ3v) is 5.51. The van der Waals surface area contributed by atoms with Crippen LogP contribution in [0.4, 0.5) is 0 Å². The van der Waals surface area contributed by atoms with Crippen molar-refractivity contribution in [3.63, 3.8) is 0 Å². The van der Waals surface area contributed by atoms with Gasteiger partial charge in [0.05, 0.1) is 5.92 Å². The summed E-state index contributed by atoms with van der Waals surface area (Å²) < 4.78 is 0. The van der Waals surface area contributed by atoms with Gasteiger partial charge in [-0.2, -0.15) is 0 Å². The van der Waals surface area contributed by atoms with Crippen LogP contribution in [-0.2, 0) is 17.6 Å². The molecule has 4 N–H and O–H groups in total. The Kier molecular flexibility index (Phi) is 5.92. The van der Waals surface area contributed by atoms with Crippen molar-refractivity contribution in [2.24, 2.45) is 17.4 Å². The maximum absolute atomic E-state index is 12.0. The van der Waals surface area contributed by atoms with E-state index < -0.39 is 0 Å². The number of rotatable bonds is 7. The zero-order valence-electron chi connectivity index (χ0n) is 16.9. The molecule has 0 saturated heterocycles. The monoisotopic (exact) mass is 394 g/mol. The number of fused-ring (bicyclic) bond motifs is 2. The molecule has 0 aliphatic carbocycles. The standard InChI is InChI=1S/C27H26N2O/c28-26(18-20-10-12-22-6-2-4-8-24(22)16-20)14-13-25(27(29)30)17-19-9-11-21-5-1-3-7-23(21)15-19/h1-16,25-26H,17-18,28H2,(H2,29,30)/t25-,26+/m1/s1. The van der Waals surface area contributed by atoms with Gasteiger partial charge < -0.3 is 11.5 Å². The minimum atomic E-state index is -0.381. The van der Waals surface area contributed by atoms with Gasteiger partial charge in [-0.1, -0.05) is 97.1 Å². The Bertz CT molecular complexity index is 1210. The Balaban J connectivity index is 1.45. The van der Waals surface area contributed by atoms with Gasteiger partial charge in [-0.3, -0.25) is 4.79 Å². The molecule has 1 amide bonds. The minimum absolute atomic E-state index is 0.176. The Morgan fingerprint density at radius 2 is 1.20 bits per heavy atom. The molecule has 30 heavy (non-hydrogen) atoms. The first kappa shape index (κ1) is 19.9. The highest BCUT2D eigenvalue weighted by atomic mass is 16.1. The zero-order valence-corrected chi connectivity index (χ0v) is 16.9. The Hall–Kier alpha value is -3.43. The number of amides is 1. The van der Waals surface area contributed by atoms with E-state index in [2.05, 4.69) is 60.7 Å². The molecule has 0 aromatic heterocycles. The third kappa shape index (κ3) is 4.76. The van der Waals surface area contributed by atoms with Crippen molar-refractivity contribution in [2.45, 2.75) is 18.9 Å². The zero-order chi connectivity index (χ0) is 20.9. The summed E-state index contributed by atoms with van der Waals surface area (Å²) in [5.41, 5.74) is 14.3. The molecule has 4 aromatic rings. The summed E-state index contributed by atoms with van der Waals surface area (Å²) in [6.45, 7) is 0. The predicted octanol–water partition coefficient (Wildman–Crippen LogP) is 4.76. The van der Waals surface area contributed by atoms with Gasteiger partial charge in [0.1, 0.15) is 0 Å². The van der Waals surface area contributed by atoms with Crippen LogP contribution in [0.1, 0.15) is 11.1 Å². The van der Waals surface area contributed by atoms with Crippen molar-refractivity contribution < 1.29 is 4.79 Å². The maximum atomic E-state index is 12.0. The van der Waals surface area contributed by atoms with Gasteiger partial charge in [0.25, 0.3) is 0 Å². The van der Waals surface area contributed by atoms with Crippen molar-refractivity contribution >= 4 is 27.5 Å².